The lowest BCUT2D eigenvalue weighted by Crippen LogP contribution is -2.17. The fraction of sp³-hybridized carbons (Fsp3) is 1.00. The van der Waals surface area contributed by atoms with Gasteiger partial charge in [-0.25, -0.2) is 4.57 Å². The van der Waals surface area contributed by atoms with Crippen molar-refractivity contribution in [1.29, 1.82) is 0 Å². The van der Waals surface area contributed by atoms with Crippen LogP contribution in [0.1, 0.15) is 216 Å². The molecule has 7 heteroatoms. The van der Waals surface area contributed by atoms with Gasteiger partial charge in [-0.2, -0.15) is 0 Å². The number of unbranched alkanes of at least 4 members (excludes halogenated alkanes) is 15. The van der Waals surface area contributed by atoms with Crippen molar-refractivity contribution in [3.05, 3.63) is 0 Å². The molecule has 0 aromatic rings. The fourth-order valence-electron chi connectivity index (χ4n) is 5.62. The molecule has 0 bridgehead atoms. The third-order valence-electron chi connectivity index (χ3n) is 8.80. The van der Waals surface area contributed by atoms with Crippen LogP contribution >= 0.6 is 7.82 Å². The molecule has 6 nitrogen and oxygen atoms in total. The van der Waals surface area contributed by atoms with E-state index >= 15 is 0 Å². The van der Waals surface area contributed by atoms with E-state index in [1.165, 1.54) is 161 Å². The summed E-state index contributed by atoms with van der Waals surface area (Å²) in [7, 11) is -4.26. The van der Waals surface area contributed by atoms with Gasteiger partial charge in [-0.1, -0.05) is 159 Å². The quantitative estimate of drug-likeness (QED) is 0.0391. The highest BCUT2D eigenvalue weighted by Gasteiger charge is 2.12. The first-order valence-corrected chi connectivity index (χ1v) is 23.0. The molecular formula is C42H93N2O4P. The minimum absolute atomic E-state index is 0.169. The smallest absolute Gasteiger partial charge is 0.317 e. The molecule has 0 aliphatic rings. The van der Waals surface area contributed by atoms with Gasteiger partial charge in [0.25, 0.3) is 0 Å². The van der Waals surface area contributed by atoms with Gasteiger partial charge in [0.15, 0.2) is 0 Å². The molecule has 0 unspecified atom stereocenters. The molecule has 0 radical (unpaired) electrons. The van der Waals surface area contributed by atoms with Gasteiger partial charge in [0.05, 0.1) is 6.61 Å². The van der Waals surface area contributed by atoms with Crippen LogP contribution in [-0.2, 0) is 9.09 Å². The Hall–Kier alpha value is 0.0300. The lowest BCUT2D eigenvalue weighted by molar-refractivity contribution is 0.193. The van der Waals surface area contributed by atoms with Gasteiger partial charge < -0.3 is 20.4 Å². The maximum Gasteiger partial charge on any atom is 0.469 e. The molecular weight excluding hydrogens is 627 g/mol. The van der Waals surface area contributed by atoms with Crippen LogP contribution in [0.3, 0.4) is 0 Å². The van der Waals surface area contributed by atoms with Crippen LogP contribution in [0.5, 0.6) is 0 Å². The lowest BCUT2D eigenvalue weighted by atomic mass is 10.0. The van der Waals surface area contributed by atoms with Gasteiger partial charge in [0, 0.05) is 0 Å². The van der Waals surface area contributed by atoms with E-state index in [9.17, 15) is 4.57 Å². The highest BCUT2D eigenvalue weighted by Crippen LogP contribution is 2.35. The van der Waals surface area contributed by atoms with Gasteiger partial charge in [0.1, 0.15) is 0 Å². The Morgan fingerprint density at radius 3 is 0.898 bits per heavy atom. The minimum Gasteiger partial charge on any atom is -0.317 e. The molecule has 300 valence electrons. The summed E-state index contributed by atoms with van der Waals surface area (Å²) in [6, 6.07) is 0. The molecule has 0 spiro atoms. The first kappa shape index (κ1) is 53.4. The Morgan fingerprint density at radius 1 is 0.429 bits per heavy atom. The molecule has 0 amide bonds. The Morgan fingerprint density at radius 2 is 0.673 bits per heavy atom. The number of rotatable bonds is 34. The average Bonchev–Trinajstić information content (AvgIpc) is 3.01. The van der Waals surface area contributed by atoms with Crippen molar-refractivity contribution in [2.24, 2.45) is 23.7 Å². The zero-order valence-electron chi connectivity index (χ0n) is 35.0. The van der Waals surface area contributed by atoms with Crippen molar-refractivity contribution in [2.45, 2.75) is 216 Å². The van der Waals surface area contributed by atoms with E-state index in [1.807, 2.05) is 0 Å². The first-order valence-electron chi connectivity index (χ1n) is 21.4. The molecule has 0 saturated heterocycles. The Balaban J connectivity index is -0.000000696. The van der Waals surface area contributed by atoms with Crippen LogP contribution in [0.25, 0.3) is 0 Å². The maximum absolute atomic E-state index is 10.5. The second-order valence-corrected chi connectivity index (χ2v) is 17.5. The van der Waals surface area contributed by atoms with Gasteiger partial charge in [-0.3, -0.25) is 4.52 Å². The Labute approximate surface area is 309 Å². The molecule has 0 aliphatic heterocycles. The summed E-state index contributed by atoms with van der Waals surface area (Å²) < 4.78 is 14.9. The summed E-state index contributed by atoms with van der Waals surface area (Å²) >= 11 is 0. The van der Waals surface area contributed by atoms with E-state index in [4.69, 9.17) is 9.79 Å². The van der Waals surface area contributed by atoms with E-state index in [2.05, 4.69) is 77.5 Å². The monoisotopic (exact) mass is 721 g/mol. The highest BCUT2D eigenvalue weighted by molar-refractivity contribution is 7.46. The van der Waals surface area contributed by atoms with E-state index in [0.29, 0.717) is 0 Å². The van der Waals surface area contributed by atoms with Crippen molar-refractivity contribution < 1.29 is 18.9 Å². The van der Waals surface area contributed by atoms with Gasteiger partial charge in [0.2, 0.25) is 0 Å². The molecule has 0 atom stereocenters. The minimum atomic E-state index is -4.26. The SMILES string of the molecule is CC(C)CCCNCCCC(C)C.CC(C)CCCNCCCC(C)C.CCCCCCCCCCCCCCCCCCOP(=O)(O)O. The third kappa shape index (κ3) is 63.5. The van der Waals surface area contributed by atoms with Crippen molar-refractivity contribution in [3.63, 3.8) is 0 Å². The predicted octanol–water partition coefficient (Wildman–Crippen LogP) is 13.3. The lowest BCUT2D eigenvalue weighted by Gasteiger charge is -2.07. The Kier molecular flexibility index (Phi) is 46.2. The van der Waals surface area contributed by atoms with Gasteiger partial charge in [-0.05, 0) is 108 Å². The molecule has 0 saturated carbocycles. The summed E-state index contributed by atoms with van der Waals surface area (Å²) in [5.74, 6) is 3.44. The number of nitrogens with one attached hydrogen (secondary N) is 2. The van der Waals surface area contributed by atoms with Crippen LogP contribution < -0.4 is 10.6 Å². The predicted molar refractivity (Wildman–Crippen MR) is 220 cm³/mol. The summed E-state index contributed by atoms with van der Waals surface area (Å²) in [6.45, 7) is 25.6. The van der Waals surface area contributed by atoms with E-state index in [1.54, 1.807) is 0 Å². The van der Waals surface area contributed by atoms with Gasteiger partial charge >= 0.3 is 7.82 Å². The van der Waals surface area contributed by atoms with Crippen molar-refractivity contribution in [1.82, 2.24) is 10.6 Å². The van der Waals surface area contributed by atoms with E-state index < -0.39 is 7.82 Å². The molecule has 49 heavy (non-hydrogen) atoms. The maximum atomic E-state index is 10.5. The zero-order chi connectivity index (χ0) is 37.4. The van der Waals surface area contributed by atoms with Crippen LogP contribution in [0.4, 0.5) is 0 Å². The standard InChI is InChI=1S/C18H39O4P.2C12H27N/c1-2-3-4-5-6-7-8-9-10-11-12-13-14-15-16-17-18-22-23(19,20)21;2*1-11(2)7-5-9-13-10-6-8-12(3)4/h2-18H2,1H3,(H2,19,20,21);2*11-13H,5-10H2,1-4H3. The molecule has 0 aromatic heterocycles. The highest BCUT2D eigenvalue weighted by atomic mass is 31.2. The van der Waals surface area contributed by atoms with Crippen molar-refractivity contribution in [3.8, 4) is 0 Å². The van der Waals surface area contributed by atoms with Crippen molar-refractivity contribution >= 4 is 7.82 Å². The Bertz CT molecular complexity index is 590. The summed E-state index contributed by atoms with van der Waals surface area (Å²) in [5.41, 5.74) is 0. The topological polar surface area (TPSA) is 90.8 Å². The third-order valence-corrected chi connectivity index (χ3v) is 9.32. The van der Waals surface area contributed by atoms with Crippen LogP contribution in [-0.4, -0.2) is 42.6 Å². The van der Waals surface area contributed by atoms with Crippen LogP contribution in [0.2, 0.25) is 0 Å². The average molecular weight is 721 g/mol. The summed E-state index contributed by atoms with van der Waals surface area (Å²) in [6.07, 6.45) is 31.4. The zero-order valence-corrected chi connectivity index (χ0v) is 35.9. The van der Waals surface area contributed by atoms with E-state index in [0.717, 1.165) is 42.9 Å². The summed E-state index contributed by atoms with van der Waals surface area (Å²) in [5, 5.41) is 6.99. The molecule has 0 aliphatic carbocycles. The molecule has 0 rings (SSSR count). The van der Waals surface area contributed by atoms with Crippen LogP contribution in [0.15, 0.2) is 0 Å². The molecule has 0 aromatic carbocycles. The fourth-order valence-corrected chi connectivity index (χ4v) is 5.99. The second-order valence-electron chi connectivity index (χ2n) is 16.3. The van der Waals surface area contributed by atoms with Gasteiger partial charge in [-0.15, -0.1) is 0 Å². The number of hydrogen-bond acceptors (Lipinski definition) is 4. The second kappa shape index (κ2) is 42.4. The van der Waals surface area contributed by atoms with E-state index in [-0.39, 0.29) is 6.61 Å². The number of phosphoric ester groups is 1. The largest absolute Gasteiger partial charge is 0.469 e. The summed E-state index contributed by atoms with van der Waals surface area (Å²) in [4.78, 5) is 17.1. The number of phosphoric acid groups is 1. The molecule has 0 heterocycles. The normalized spacial score (nSPS) is 11.7. The van der Waals surface area contributed by atoms with Crippen LogP contribution in [0, 0.1) is 23.7 Å². The first-order chi connectivity index (χ1) is 23.3. The van der Waals surface area contributed by atoms with Crippen molar-refractivity contribution in [2.75, 3.05) is 32.8 Å². The molecule has 4 N–H and O–H groups in total. The number of hydrogen-bond donors (Lipinski definition) is 4. The molecule has 0 fully saturated rings.